The summed E-state index contributed by atoms with van der Waals surface area (Å²) in [6.07, 6.45) is 3.19. The molecule has 1 saturated carbocycles. The average molecular weight is 219 g/mol. The molecule has 3 fully saturated rings. The van der Waals surface area contributed by atoms with Crippen molar-refractivity contribution in [3.63, 3.8) is 0 Å². The van der Waals surface area contributed by atoms with Crippen molar-refractivity contribution in [2.75, 3.05) is 25.1 Å². The van der Waals surface area contributed by atoms with Crippen LogP contribution in [0.25, 0.3) is 0 Å². The van der Waals surface area contributed by atoms with E-state index in [9.17, 15) is 0 Å². The predicted octanol–water partition coefficient (Wildman–Crippen LogP) is 0.874. The van der Waals surface area contributed by atoms with Gasteiger partial charge in [-0.1, -0.05) is 0 Å². The van der Waals surface area contributed by atoms with Crippen molar-refractivity contribution in [3.8, 4) is 5.88 Å². The van der Waals surface area contributed by atoms with E-state index in [2.05, 4.69) is 16.0 Å². The van der Waals surface area contributed by atoms with Gasteiger partial charge in [-0.15, -0.1) is 0 Å². The molecule has 2 atom stereocenters. The Bertz CT molecular complexity index is 366. The Morgan fingerprint density at radius 3 is 2.62 bits per heavy atom. The molecule has 2 unspecified atom stereocenters. The normalized spacial score (nSPS) is 32.1. The fraction of sp³-hybridized carbons (Fsp3) is 0.583. The molecule has 2 saturated heterocycles. The van der Waals surface area contributed by atoms with Crippen LogP contribution in [0.2, 0.25) is 0 Å². The molecule has 4 rings (SSSR count). The van der Waals surface area contributed by atoms with Gasteiger partial charge in [-0.3, -0.25) is 0 Å². The van der Waals surface area contributed by atoms with Crippen molar-refractivity contribution in [3.05, 3.63) is 18.3 Å². The molecule has 1 aromatic rings. The van der Waals surface area contributed by atoms with Crippen LogP contribution in [0.15, 0.2) is 18.3 Å². The Labute approximate surface area is 95.4 Å². The average Bonchev–Trinajstić information content (AvgIpc) is 2.38. The molecule has 2 aliphatic heterocycles. The monoisotopic (exact) mass is 219 g/mol. The van der Waals surface area contributed by atoms with Crippen LogP contribution in [0.5, 0.6) is 5.88 Å². The Hall–Kier alpha value is -1.29. The first-order valence-electron chi connectivity index (χ1n) is 5.78. The molecule has 4 heteroatoms. The molecule has 3 heterocycles. The van der Waals surface area contributed by atoms with E-state index in [0.717, 1.165) is 13.1 Å². The minimum atomic E-state index is 0.433. The summed E-state index contributed by atoms with van der Waals surface area (Å²) in [4.78, 5) is 6.62. The zero-order chi connectivity index (χ0) is 11.1. The molecule has 4 nitrogen and oxygen atoms in total. The van der Waals surface area contributed by atoms with E-state index in [0.29, 0.717) is 23.8 Å². The first kappa shape index (κ1) is 9.90. The number of nitrogens with two attached hydrogens (primary N) is 1. The molecule has 0 aromatic carbocycles. The van der Waals surface area contributed by atoms with Gasteiger partial charge in [0, 0.05) is 25.2 Å². The first-order chi connectivity index (χ1) is 7.78. The summed E-state index contributed by atoms with van der Waals surface area (Å²) in [5, 5.41) is 0. The number of aromatic nitrogens is 1. The van der Waals surface area contributed by atoms with Gasteiger partial charge in [0.2, 0.25) is 5.88 Å². The number of hydrogen-bond donors (Lipinski definition) is 1. The molecule has 1 aliphatic carbocycles. The van der Waals surface area contributed by atoms with E-state index >= 15 is 0 Å². The summed E-state index contributed by atoms with van der Waals surface area (Å²) in [6.45, 7) is 2.15. The van der Waals surface area contributed by atoms with Crippen LogP contribution in [0.1, 0.15) is 6.42 Å². The van der Waals surface area contributed by atoms with Crippen LogP contribution in [0.3, 0.4) is 0 Å². The predicted molar refractivity (Wildman–Crippen MR) is 62.6 cm³/mol. The van der Waals surface area contributed by atoms with E-state index in [1.807, 2.05) is 12.3 Å². The van der Waals surface area contributed by atoms with Crippen LogP contribution < -0.4 is 15.4 Å². The maximum Gasteiger partial charge on any atom is 0.213 e. The van der Waals surface area contributed by atoms with Gasteiger partial charge >= 0.3 is 0 Å². The van der Waals surface area contributed by atoms with Gasteiger partial charge in [0.05, 0.1) is 19.0 Å². The van der Waals surface area contributed by atoms with Crippen molar-refractivity contribution in [2.24, 2.45) is 17.6 Å². The van der Waals surface area contributed by atoms with Crippen molar-refractivity contribution in [1.29, 1.82) is 0 Å². The highest BCUT2D eigenvalue weighted by atomic mass is 16.5. The number of nitrogens with zero attached hydrogens (tertiary/aromatic N) is 2. The maximum absolute atomic E-state index is 6.05. The van der Waals surface area contributed by atoms with Gasteiger partial charge in [0.15, 0.2) is 0 Å². The van der Waals surface area contributed by atoms with E-state index in [1.54, 1.807) is 7.11 Å². The Balaban J connectivity index is 1.73. The zero-order valence-electron chi connectivity index (χ0n) is 9.47. The Morgan fingerprint density at radius 2 is 2.12 bits per heavy atom. The van der Waals surface area contributed by atoms with E-state index < -0.39 is 0 Å². The molecule has 0 spiro atoms. The topological polar surface area (TPSA) is 51.4 Å². The lowest BCUT2D eigenvalue weighted by atomic mass is 9.66. The van der Waals surface area contributed by atoms with Gasteiger partial charge in [-0.2, -0.15) is 0 Å². The van der Waals surface area contributed by atoms with E-state index in [1.165, 1.54) is 12.1 Å². The van der Waals surface area contributed by atoms with Gasteiger partial charge in [0.25, 0.3) is 0 Å². The van der Waals surface area contributed by atoms with Gasteiger partial charge < -0.3 is 15.4 Å². The lowest BCUT2D eigenvalue weighted by molar-refractivity contribution is 0.116. The third-order valence-corrected chi connectivity index (χ3v) is 3.90. The summed E-state index contributed by atoms with van der Waals surface area (Å²) in [5.74, 6) is 2.03. The maximum atomic E-state index is 6.05. The highest BCUT2D eigenvalue weighted by Crippen LogP contribution is 2.40. The smallest absolute Gasteiger partial charge is 0.213 e. The van der Waals surface area contributed by atoms with E-state index in [-0.39, 0.29) is 0 Å². The minimum Gasteiger partial charge on any atom is -0.481 e. The fourth-order valence-electron chi connectivity index (χ4n) is 2.82. The molecule has 3 aliphatic rings. The zero-order valence-corrected chi connectivity index (χ0v) is 9.47. The van der Waals surface area contributed by atoms with E-state index in [4.69, 9.17) is 10.5 Å². The fourth-order valence-corrected chi connectivity index (χ4v) is 2.82. The summed E-state index contributed by atoms with van der Waals surface area (Å²) in [6, 6.07) is 4.42. The standard InChI is InChI=1S/C12H17N3O/c1-16-11-3-2-10(5-14-11)15-6-8-4-9(7-15)12(8)13/h2-3,5,8-9,12H,4,6-7,13H2,1H3. The second kappa shape index (κ2) is 3.63. The summed E-state index contributed by atoms with van der Waals surface area (Å²) in [7, 11) is 1.64. The number of hydrogen-bond acceptors (Lipinski definition) is 4. The van der Waals surface area contributed by atoms with Crippen LogP contribution in [0, 0.1) is 11.8 Å². The first-order valence-corrected chi connectivity index (χ1v) is 5.78. The largest absolute Gasteiger partial charge is 0.481 e. The molecule has 0 amide bonds. The quantitative estimate of drug-likeness (QED) is 0.802. The molecule has 2 bridgehead atoms. The number of piperidine rings is 2. The highest BCUT2D eigenvalue weighted by molar-refractivity contribution is 5.47. The molecule has 2 N–H and O–H groups in total. The molecular formula is C12H17N3O. The summed E-state index contributed by atoms with van der Waals surface area (Å²) in [5.41, 5.74) is 7.23. The SMILES string of the molecule is COc1ccc(N2CC3CC(C2)C3N)cn1. The van der Waals surface area contributed by atoms with Crippen molar-refractivity contribution in [2.45, 2.75) is 12.5 Å². The molecule has 86 valence electrons. The third kappa shape index (κ3) is 1.45. The lowest BCUT2D eigenvalue weighted by Gasteiger charge is -2.52. The number of fused-ring (bicyclic) bond motifs is 2. The number of pyridine rings is 1. The van der Waals surface area contributed by atoms with Gasteiger partial charge in [-0.05, 0) is 24.3 Å². The second-order valence-electron chi connectivity index (χ2n) is 4.80. The van der Waals surface area contributed by atoms with Crippen LogP contribution in [-0.2, 0) is 0 Å². The summed E-state index contributed by atoms with van der Waals surface area (Å²) >= 11 is 0. The minimum absolute atomic E-state index is 0.433. The molecule has 0 radical (unpaired) electrons. The Morgan fingerprint density at radius 1 is 1.38 bits per heavy atom. The Kier molecular flexibility index (Phi) is 2.24. The number of ether oxygens (including phenoxy) is 1. The lowest BCUT2D eigenvalue weighted by Crippen LogP contribution is -2.62. The van der Waals surface area contributed by atoms with Crippen molar-refractivity contribution >= 4 is 5.69 Å². The van der Waals surface area contributed by atoms with Gasteiger partial charge in [-0.25, -0.2) is 4.98 Å². The third-order valence-electron chi connectivity index (χ3n) is 3.90. The van der Waals surface area contributed by atoms with Crippen LogP contribution >= 0.6 is 0 Å². The van der Waals surface area contributed by atoms with Gasteiger partial charge in [0.1, 0.15) is 0 Å². The molecule has 1 aromatic heterocycles. The number of rotatable bonds is 2. The summed E-state index contributed by atoms with van der Waals surface area (Å²) < 4.78 is 5.05. The highest BCUT2D eigenvalue weighted by Gasteiger charge is 2.44. The number of methoxy groups -OCH3 is 1. The second-order valence-corrected chi connectivity index (χ2v) is 4.80. The van der Waals surface area contributed by atoms with Crippen molar-refractivity contribution < 1.29 is 4.74 Å². The van der Waals surface area contributed by atoms with Crippen LogP contribution in [-0.4, -0.2) is 31.2 Å². The number of anilines is 1. The van der Waals surface area contributed by atoms with Crippen LogP contribution in [0.4, 0.5) is 5.69 Å². The molecule has 16 heavy (non-hydrogen) atoms. The van der Waals surface area contributed by atoms with Crippen molar-refractivity contribution in [1.82, 2.24) is 4.98 Å². The molecular weight excluding hydrogens is 202 g/mol.